The predicted molar refractivity (Wildman–Crippen MR) is 248 cm³/mol. The summed E-state index contributed by atoms with van der Waals surface area (Å²) in [4.78, 5) is 5.62. The third-order valence-corrected chi connectivity index (χ3v) is 18.0. The number of anilines is 3. The van der Waals surface area contributed by atoms with Crippen LogP contribution in [-0.2, 0) is 21.7 Å². The fourth-order valence-electron chi connectivity index (χ4n) is 14.0. The molecular weight excluding hydrogens is 731 g/mol. The Hall–Kier alpha value is -4.53. The Morgan fingerprint density at radius 3 is 1.83 bits per heavy atom. The smallest absolute Gasteiger partial charge is 0.0604 e. The van der Waals surface area contributed by atoms with Gasteiger partial charge in [0.2, 0.25) is 0 Å². The Kier molecular flexibility index (Phi) is 7.70. The highest BCUT2D eigenvalue weighted by atomic mass is 32.2. The normalized spacial score (nSPS) is 26.7. The van der Waals surface area contributed by atoms with Gasteiger partial charge in [0.15, 0.2) is 0 Å². The lowest BCUT2D eigenvalue weighted by Crippen LogP contribution is -2.57. The summed E-state index contributed by atoms with van der Waals surface area (Å²) in [7, 11) is 0. The largest absolute Gasteiger partial charge is 0.309 e. The van der Waals surface area contributed by atoms with E-state index in [1.54, 1.807) is 11.1 Å². The van der Waals surface area contributed by atoms with Gasteiger partial charge in [-0.15, -0.1) is 0 Å². The van der Waals surface area contributed by atoms with E-state index in [0.29, 0.717) is 11.8 Å². The van der Waals surface area contributed by atoms with Crippen molar-refractivity contribution in [1.82, 2.24) is 0 Å². The van der Waals surface area contributed by atoms with E-state index in [1.807, 2.05) is 0 Å². The molecule has 59 heavy (non-hydrogen) atoms. The van der Waals surface area contributed by atoms with E-state index in [-0.39, 0.29) is 21.7 Å². The van der Waals surface area contributed by atoms with Crippen LogP contribution in [0.15, 0.2) is 137 Å². The molecule has 1 spiro atoms. The molecule has 6 aromatic rings. The molecule has 4 saturated carbocycles. The van der Waals surface area contributed by atoms with Gasteiger partial charge in [-0.2, -0.15) is 0 Å². The number of hydrogen-bond acceptors (Lipinski definition) is 2. The van der Waals surface area contributed by atoms with Crippen LogP contribution < -0.4 is 4.90 Å². The van der Waals surface area contributed by atoms with Gasteiger partial charge < -0.3 is 4.90 Å². The van der Waals surface area contributed by atoms with Gasteiger partial charge in [0.25, 0.3) is 0 Å². The van der Waals surface area contributed by atoms with Crippen molar-refractivity contribution < 1.29 is 0 Å². The fourth-order valence-corrected chi connectivity index (χ4v) is 15.4. The molecule has 7 aliphatic rings. The maximum atomic E-state index is 2.68. The summed E-state index contributed by atoms with van der Waals surface area (Å²) < 4.78 is 0. The first kappa shape index (κ1) is 36.3. The molecule has 13 rings (SSSR count). The van der Waals surface area contributed by atoms with E-state index in [9.17, 15) is 0 Å². The highest BCUT2D eigenvalue weighted by Gasteiger charge is 2.61. The zero-order chi connectivity index (χ0) is 40.1. The van der Waals surface area contributed by atoms with Crippen LogP contribution in [0.4, 0.5) is 17.1 Å². The van der Waals surface area contributed by atoms with Crippen molar-refractivity contribution in [2.45, 2.75) is 118 Å². The van der Waals surface area contributed by atoms with Crippen molar-refractivity contribution in [3.63, 3.8) is 0 Å². The maximum absolute atomic E-state index is 2.68. The van der Waals surface area contributed by atoms with E-state index in [4.69, 9.17) is 0 Å². The van der Waals surface area contributed by atoms with Crippen LogP contribution in [0.25, 0.3) is 22.3 Å². The molecule has 1 aliphatic heterocycles. The molecule has 0 aromatic heterocycles. The Morgan fingerprint density at radius 1 is 0.492 bits per heavy atom. The average molecular weight is 788 g/mol. The Bertz CT molecular complexity index is 2670. The highest BCUT2D eigenvalue weighted by molar-refractivity contribution is 7.99. The minimum atomic E-state index is -0.0858. The van der Waals surface area contributed by atoms with Gasteiger partial charge in [-0.1, -0.05) is 144 Å². The molecule has 6 aliphatic carbocycles. The molecule has 0 unspecified atom stereocenters. The number of fused-ring (bicyclic) bond motifs is 6. The van der Waals surface area contributed by atoms with Crippen molar-refractivity contribution in [2.75, 3.05) is 4.90 Å². The summed E-state index contributed by atoms with van der Waals surface area (Å²) in [5.74, 6) is 3.10. The number of benzene rings is 6. The standard InChI is InChI=1S/C57H57NS/c1-54(2)26-27-55(3,4)49-34-41(23-25-46(49)54)58(40-22-24-44-43-16-10-11-18-45(43)56(5,6)48(44)33-40)50-20-13-19-47-53(50)59-51-21-12-17-42(37-14-8-7-9-15-37)52(51)57(47)38-29-35-28-36(31-38)32-39(57)30-35/h7-25,33-36,38-39H,26-32H2,1-6H3. The lowest BCUT2D eigenvalue weighted by molar-refractivity contribution is -0.0441. The van der Waals surface area contributed by atoms with Crippen molar-refractivity contribution in [2.24, 2.45) is 23.7 Å². The summed E-state index contributed by atoms with van der Waals surface area (Å²) in [6.45, 7) is 14.7. The third kappa shape index (κ3) is 5.05. The molecule has 0 N–H and O–H groups in total. The Balaban J connectivity index is 1.12. The van der Waals surface area contributed by atoms with Crippen molar-refractivity contribution in [3.8, 4) is 22.3 Å². The maximum Gasteiger partial charge on any atom is 0.0604 e. The molecular formula is C57H57NS. The molecule has 1 heterocycles. The Morgan fingerprint density at radius 2 is 1.08 bits per heavy atom. The molecule has 0 saturated heterocycles. The van der Waals surface area contributed by atoms with Gasteiger partial charge in [0, 0.05) is 32.0 Å². The first-order valence-electron chi connectivity index (χ1n) is 22.6. The molecule has 0 atom stereocenters. The van der Waals surface area contributed by atoms with E-state index >= 15 is 0 Å². The minimum absolute atomic E-state index is 0.000882. The zero-order valence-electron chi connectivity index (χ0n) is 35.7. The number of rotatable bonds is 4. The van der Waals surface area contributed by atoms with E-state index in [2.05, 4.69) is 186 Å². The van der Waals surface area contributed by atoms with E-state index in [1.165, 1.54) is 116 Å². The fraction of sp³-hybridized carbons (Fsp3) is 0.368. The van der Waals surface area contributed by atoms with Gasteiger partial charge in [-0.3, -0.25) is 0 Å². The number of hydrogen-bond donors (Lipinski definition) is 0. The minimum Gasteiger partial charge on any atom is -0.309 e. The molecule has 1 nitrogen and oxygen atoms in total. The second-order valence-corrected chi connectivity index (χ2v) is 22.3. The monoisotopic (exact) mass is 787 g/mol. The second-order valence-electron chi connectivity index (χ2n) is 21.2. The molecule has 6 aromatic carbocycles. The zero-order valence-corrected chi connectivity index (χ0v) is 36.6. The van der Waals surface area contributed by atoms with Gasteiger partial charge in [0.1, 0.15) is 0 Å². The van der Waals surface area contributed by atoms with Crippen LogP contribution >= 0.6 is 11.8 Å². The average Bonchev–Trinajstić information content (AvgIpc) is 3.46. The van der Waals surface area contributed by atoms with Gasteiger partial charge in [0.05, 0.1) is 5.69 Å². The molecule has 2 heteroatoms. The van der Waals surface area contributed by atoms with Crippen LogP contribution in [0.5, 0.6) is 0 Å². The van der Waals surface area contributed by atoms with Crippen LogP contribution in [-0.4, -0.2) is 0 Å². The van der Waals surface area contributed by atoms with Gasteiger partial charge in [-0.05, 0) is 171 Å². The molecule has 0 radical (unpaired) electrons. The van der Waals surface area contributed by atoms with Crippen LogP contribution in [0.3, 0.4) is 0 Å². The summed E-state index contributed by atoms with van der Waals surface area (Å²) in [6.07, 6.45) is 9.33. The van der Waals surface area contributed by atoms with Gasteiger partial charge in [-0.25, -0.2) is 0 Å². The lowest BCUT2D eigenvalue weighted by atomic mass is 9.41. The van der Waals surface area contributed by atoms with Gasteiger partial charge >= 0.3 is 0 Å². The van der Waals surface area contributed by atoms with Crippen molar-refractivity contribution in [1.29, 1.82) is 0 Å². The quantitative estimate of drug-likeness (QED) is 0.175. The predicted octanol–water partition coefficient (Wildman–Crippen LogP) is 15.7. The van der Waals surface area contributed by atoms with Crippen LogP contribution in [0, 0.1) is 23.7 Å². The van der Waals surface area contributed by atoms with Crippen molar-refractivity contribution in [3.05, 3.63) is 161 Å². The summed E-state index contributed by atoms with van der Waals surface area (Å²) in [5, 5.41) is 0. The SMILES string of the molecule is CC1(C)CCC(C)(C)c2cc(N(c3ccc4c(c3)C(C)(C)c3ccccc3-4)c3cccc4c3Sc3cccc(-c5ccccc5)c3C43C4CC5CC(C4)CC3C5)ccc21. The van der Waals surface area contributed by atoms with Crippen LogP contribution in [0.1, 0.15) is 120 Å². The molecule has 296 valence electrons. The molecule has 4 bridgehead atoms. The van der Waals surface area contributed by atoms with Crippen LogP contribution in [0.2, 0.25) is 0 Å². The highest BCUT2D eigenvalue weighted by Crippen LogP contribution is 2.71. The second kappa shape index (κ2) is 12.5. The lowest BCUT2D eigenvalue weighted by Gasteiger charge is -2.63. The van der Waals surface area contributed by atoms with E-state index < -0.39 is 0 Å². The molecule has 0 amide bonds. The first-order valence-corrected chi connectivity index (χ1v) is 23.5. The first-order chi connectivity index (χ1) is 28.4. The summed E-state index contributed by atoms with van der Waals surface area (Å²) in [5.41, 5.74) is 18.7. The van der Waals surface area contributed by atoms with Crippen molar-refractivity contribution >= 4 is 28.8 Å². The van der Waals surface area contributed by atoms with E-state index in [0.717, 1.165) is 11.8 Å². The topological polar surface area (TPSA) is 3.24 Å². The number of nitrogens with zero attached hydrogens (tertiary/aromatic N) is 1. The third-order valence-electron chi connectivity index (χ3n) is 16.8. The Labute approximate surface area is 356 Å². The molecule has 4 fully saturated rings. The summed E-state index contributed by atoms with van der Waals surface area (Å²) >= 11 is 2.06. The summed E-state index contributed by atoms with van der Waals surface area (Å²) in [6, 6.07) is 50.1.